The first-order valence-corrected chi connectivity index (χ1v) is 13.4. The molecule has 0 amide bonds. The van der Waals surface area contributed by atoms with Gasteiger partial charge in [0, 0.05) is 32.6 Å². The highest BCUT2D eigenvalue weighted by Gasteiger charge is 2.28. The number of rotatable bonds is 7. The van der Waals surface area contributed by atoms with Crippen LogP contribution in [0.15, 0.2) is 48.5 Å². The second kappa shape index (κ2) is 9.75. The summed E-state index contributed by atoms with van der Waals surface area (Å²) < 4.78 is 28.7. The van der Waals surface area contributed by atoms with Crippen LogP contribution in [-0.4, -0.2) is 47.4 Å². The zero-order valence-corrected chi connectivity index (χ0v) is 20.6. The molecule has 33 heavy (non-hydrogen) atoms. The number of hydrogen-bond acceptors (Lipinski definition) is 5. The quantitative estimate of drug-likeness (QED) is 0.575. The van der Waals surface area contributed by atoms with Crippen LogP contribution in [0, 0.1) is 12.8 Å². The largest absolute Gasteiger partial charge is 0.312 e. The summed E-state index contributed by atoms with van der Waals surface area (Å²) in [5.74, 6) is 1.69. The number of aromatic nitrogens is 3. The van der Waals surface area contributed by atoms with Gasteiger partial charge in [0.25, 0.3) is 0 Å². The Balaban J connectivity index is 1.49. The maximum Gasteiger partial charge on any atom is 0.209 e. The Morgan fingerprint density at radius 2 is 1.82 bits per heavy atom. The summed E-state index contributed by atoms with van der Waals surface area (Å²) in [5.41, 5.74) is 5.07. The van der Waals surface area contributed by atoms with Gasteiger partial charge in [-0.15, -0.1) is 10.2 Å². The van der Waals surface area contributed by atoms with Crippen LogP contribution in [0.2, 0.25) is 0 Å². The maximum absolute atomic E-state index is 11.9. The van der Waals surface area contributed by atoms with Crippen LogP contribution in [0.3, 0.4) is 0 Å². The third-order valence-corrected chi connectivity index (χ3v) is 6.90. The average molecular weight is 468 g/mol. The molecule has 1 aromatic heterocycles. The lowest BCUT2D eigenvalue weighted by Gasteiger charge is -2.23. The minimum Gasteiger partial charge on any atom is -0.312 e. The van der Waals surface area contributed by atoms with Gasteiger partial charge in [-0.1, -0.05) is 56.3 Å². The van der Waals surface area contributed by atoms with E-state index in [1.54, 1.807) is 0 Å². The SMILES string of the molecule is Cc1ccccc1-c1cccc(CN2CCc3nnc([C@H](NS(C)(=O)=O)C(C)C)n3CC2)c1. The van der Waals surface area contributed by atoms with E-state index in [9.17, 15) is 8.42 Å². The molecule has 0 bridgehead atoms. The number of aryl methyl sites for hydroxylation is 1. The Morgan fingerprint density at radius 3 is 2.55 bits per heavy atom. The van der Waals surface area contributed by atoms with Gasteiger partial charge < -0.3 is 4.57 Å². The molecule has 1 aliphatic rings. The van der Waals surface area contributed by atoms with Crippen LogP contribution in [0.5, 0.6) is 0 Å². The molecular weight excluding hydrogens is 434 g/mol. The summed E-state index contributed by atoms with van der Waals surface area (Å²) in [4.78, 5) is 2.43. The number of sulfonamides is 1. The molecule has 176 valence electrons. The van der Waals surface area contributed by atoms with Gasteiger partial charge in [-0.2, -0.15) is 0 Å². The van der Waals surface area contributed by atoms with Crippen LogP contribution in [0.1, 0.15) is 42.7 Å². The molecule has 0 fully saturated rings. The van der Waals surface area contributed by atoms with Crippen molar-refractivity contribution < 1.29 is 8.42 Å². The lowest BCUT2D eigenvalue weighted by molar-refractivity contribution is 0.269. The Labute approximate surface area is 196 Å². The summed E-state index contributed by atoms with van der Waals surface area (Å²) in [6.07, 6.45) is 1.98. The molecule has 1 atom stereocenters. The predicted octanol–water partition coefficient (Wildman–Crippen LogP) is 3.56. The van der Waals surface area contributed by atoms with Gasteiger partial charge in [-0.05, 0) is 41.2 Å². The Hall–Kier alpha value is -2.55. The molecular formula is C25H33N5O2S. The molecule has 0 saturated heterocycles. The van der Waals surface area contributed by atoms with Gasteiger partial charge in [0.1, 0.15) is 5.82 Å². The molecule has 0 saturated carbocycles. The van der Waals surface area contributed by atoms with Crippen molar-refractivity contribution in [3.05, 3.63) is 71.3 Å². The molecule has 1 aliphatic heterocycles. The van der Waals surface area contributed by atoms with Crippen molar-refractivity contribution >= 4 is 10.0 Å². The summed E-state index contributed by atoms with van der Waals surface area (Å²) in [5, 5.41) is 8.78. The monoisotopic (exact) mass is 467 g/mol. The van der Waals surface area contributed by atoms with E-state index in [2.05, 4.69) is 79.8 Å². The number of nitrogens with one attached hydrogen (secondary N) is 1. The van der Waals surface area contributed by atoms with Crippen molar-refractivity contribution in [2.24, 2.45) is 5.92 Å². The molecule has 2 heterocycles. The fourth-order valence-corrected chi connectivity index (χ4v) is 5.33. The van der Waals surface area contributed by atoms with E-state index in [0.717, 1.165) is 38.4 Å². The van der Waals surface area contributed by atoms with E-state index >= 15 is 0 Å². The van der Waals surface area contributed by atoms with Gasteiger partial charge in [0.15, 0.2) is 5.82 Å². The number of nitrogens with zero attached hydrogens (tertiary/aromatic N) is 4. The summed E-state index contributed by atoms with van der Waals surface area (Å²) in [7, 11) is -3.35. The highest BCUT2D eigenvalue weighted by Crippen LogP contribution is 2.26. The van der Waals surface area contributed by atoms with Crippen molar-refractivity contribution in [1.82, 2.24) is 24.4 Å². The Morgan fingerprint density at radius 1 is 1.03 bits per heavy atom. The second-order valence-electron chi connectivity index (χ2n) is 9.28. The minimum atomic E-state index is -3.35. The molecule has 3 aromatic rings. The van der Waals surface area contributed by atoms with E-state index < -0.39 is 16.1 Å². The number of fused-ring (bicyclic) bond motifs is 1. The van der Waals surface area contributed by atoms with Gasteiger partial charge in [-0.25, -0.2) is 13.1 Å². The summed E-state index contributed by atoms with van der Waals surface area (Å²) in [6, 6.07) is 16.8. The summed E-state index contributed by atoms with van der Waals surface area (Å²) in [6.45, 7) is 9.48. The third kappa shape index (κ3) is 5.69. The standard InChI is InChI=1S/C25H33N5O2S/c1-18(2)24(28-33(4,31)32)25-27-26-23-12-13-29(14-15-30(23)25)17-20-9-7-10-21(16-20)22-11-6-5-8-19(22)3/h5-11,16,18,24,28H,12-15,17H2,1-4H3/t24-/m1/s1. The van der Waals surface area contributed by atoms with Gasteiger partial charge >= 0.3 is 0 Å². The first kappa shape index (κ1) is 23.6. The topological polar surface area (TPSA) is 80.1 Å². The molecule has 7 nitrogen and oxygen atoms in total. The van der Waals surface area contributed by atoms with Crippen LogP contribution in [0.25, 0.3) is 11.1 Å². The molecule has 4 rings (SSSR count). The van der Waals surface area contributed by atoms with Crippen LogP contribution < -0.4 is 4.72 Å². The number of hydrogen-bond donors (Lipinski definition) is 1. The van der Waals surface area contributed by atoms with Gasteiger partial charge in [0.2, 0.25) is 10.0 Å². The van der Waals surface area contributed by atoms with Crippen LogP contribution in [0.4, 0.5) is 0 Å². The third-order valence-electron chi connectivity index (χ3n) is 6.22. The number of benzene rings is 2. The van der Waals surface area contributed by atoms with Crippen molar-refractivity contribution in [2.45, 2.75) is 46.3 Å². The zero-order valence-electron chi connectivity index (χ0n) is 19.8. The first-order chi connectivity index (χ1) is 15.7. The molecule has 0 spiro atoms. The van der Waals surface area contributed by atoms with E-state index in [0.29, 0.717) is 5.82 Å². The van der Waals surface area contributed by atoms with Gasteiger partial charge in [-0.3, -0.25) is 4.90 Å². The van der Waals surface area contributed by atoms with Gasteiger partial charge in [0.05, 0.1) is 12.3 Å². The van der Waals surface area contributed by atoms with Crippen molar-refractivity contribution in [3.63, 3.8) is 0 Å². The Bertz CT molecular complexity index is 1220. The van der Waals surface area contributed by atoms with Crippen molar-refractivity contribution in [1.29, 1.82) is 0 Å². The van der Waals surface area contributed by atoms with Crippen LogP contribution in [-0.2, 0) is 29.5 Å². The van der Waals surface area contributed by atoms with E-state index in [1.165, 1.54) is 28.5 Å². The van der Waals surface area contributed by atoms with Crippen molar-refractivity contribution in [3.8, 4) is 11.1 Å². The van der Waals surface area contributed by atoms with E-state index in [4.69, 9.17) is 0 Å². The van der Waals surface area contributed by atoms with Crippen LogP contribution >= 0.6 is 0 Å². The smallest absolute Gasteiger partial charge is 0.209 e. The predicted molar refractivity (Wildman–Crippen MR) is 131 cm³/mol. The second-order valence-corrected chi connectivity index (χ2v) is 11.1. The first-order valence-electron chi connectivity index (χ1n) is 11.5. The normalized spacial score (nSPS) is 15.9. The molecule has 2 aromatic carbocycles. The molecule has 8 heteroatoms. The highest BCUT2D eigenvalue weighted by molar-refractivity contribution is 7.88. The molecule has 0 radical (unpaired) electrons. The fraction of sp³-hybridized carbons (Fsp3) is 0.440. The Kier molecular flexibility index (Phi) is 6.97. The minimum absolute atomic E-state index is 0.0663. The molecule has 1 N–H and O–H groups in total. The van der Waals surface area contributed by atoms with E-state index in [-0.39, 0.29) is 5.92 Å². The lowest BCUT2D eigenvalue weighted by atomic mass is 9.99. The molecule has 0 aliphatic carbocycles. The summed E-state index contributed by atoms with van der Waals surface area (Å²) >= 11 is 0. The fourth-order valence-electron chi connectivity index (χ4n) is 4.49. The lowest BCUT2D eigenvalue weighted by Crippen LogP contribution is -2.33. The average Bonchev–Trinajstić information content (AvgIpc) is 3.05. The van der Waals surface area contributed by atoms with Crippen molar-refractivity contribution in [2.75, 3.05) is 19.3 Å². The zero-order chi connectivity index (χ0) is 23.6. The maximum atomic E-state index is 11.9. The molecule has 0 unspecified atom stereocenters. The van der Waals surface area contributed by atoms with E-state index in [1.807, 2.05) is 13.8 Å². The highest BCUT2D eigenvalue weighted by atomic mass is 32.2.